The first kappa shape index (κ1) is 14.0. The lowest BCUT2D eigenvalue weighted by atomic mass is 10.1. The Morgan fingerprint density at radius 3 is 2.47 bits per heavy atom. The second-order valence-electron chi connectivity index (χ2n) is 4.08. The minimum atomic E-state index is 0.114. The molecule has 0 aromatic rings. The van der Waals surface area contributed by atoms with Crippen molar-refractivity contribution >= 4 is 5.91 Å². The van der Waals surface area contributed by atoms with Gasteiger partial charge in [0.25, 0.3) is 0 Å². The summed E-state index contributed by atoms with van der Waals surface area (Å²) >= 11 is 0. The van der Waals surface area contributed by atoms with Crippen LogP contribution in [0.3, 0.4) is 0 Å². The van der Waals surface area contributed by atoms with Crippen molar-refractivity contribution in [1.82, 2.24) is 4.90 Å². The van der Waals surface area contributed by atoms with Crippen LogP contribution in [0.25, 0.3) is 0 Å². The van der Waals surface area contributed by atoms with E-state index < -0.39 is 0 Å². The van der Waals surface area contributed by atoms with Crippen LogP contribution in [0.4, 0.5) is 0 Å². The zero-order chi connectivity index (χ0) is 11.7. The van der Waals surface area contributed by atoms with Gasteiger partial charge in [0.05, 0.1) is 6.07 Å². The lowest BCUT2D eigenvalue weighted by molar-refractivity contribution is -0.132. The SMILES string of the molecule is CCCCCCC(=O)N(CC#N)C(C)C. The summed E-state index contributed by atoms with van der Waals surface area (Å²) in [5.74, 6) is 0.114. The fraction of sp³-hybridized carbons (Fsp3) is 0.833. The van der Waals surface area contributed by atoms with Gasteiger partial charge in [0.15, 0.2) is 0 Å². The molecule has 86 valence electrons. The number of carbonyl (C=O) groups excluding carboxylic acids is 1. The van der Waals surface area contributed by atoms with Gasteiger partial charge in [-0.3, -0.25) is 4.79 Å². The Kier molecular flexibility index (Phi) is 7.71. The predicted molar refractivity (Wildman–Crippen MR) is 61.2 cm³/mol. The number of nitriles is 1. The van der Waals surface area contributed by atoms with Crippen LogP contribution in [-0.2, 0) is 4.79 Å². The van der Waals surface area contributed by atoms with Crippen molar-refractivity contribution < 1.29 is 4.79 Å². The van der Waals surface area contributed by atoms with Crippen LogP contribution < -0.4 is 0 Å². The van der Waals surface area contributed by atoms with Crippen molar-refractivity contribution in [3.63, 3.8) is 0 Å². The number of carbonyl (C=O) groups is 1. The zero-order valence-corrected chi connectivity index (χ0v) is 10.1. The van der Waals surface area contributed by atoms with E-state index in [1.807, 2.05) is 19.9 Å². The highest BCUT2D eigenvalue weighted by atomic mass is 16.2. The molecule has 0 atom stereocenters. The van der Waals surface area contributed by atoms with Crippen molar-refractivity contribution in [2.24, 2.45) is 0 Å². The van der Waals surface area contributed by atoms with E-state index in [-0.39, 0.29) is 18.5 Å². The number of amides is 1. The minimum Gasteiger partial charge on any atom is -0.327 e. The van der Waals surface area contributed by atoms with Crippen molar-refractivity contribution in [3.05, 3.63) is 0 Å². The molecule has 0 aliphatic heterocycles. The van der Waals surface area contributed by atoms with Gasteiger partial charge in [-0.2, -0.15) is 5.26 Å². The third kappa shape index (κ3) is 6.11. The van der Waals surface area contributed by atoms with Gasteiger partial charge in [0.1, 0.15) is 6.54 Å². The molecule has 0 rings (SSSR count). The molecular formula is C12H22N2O. The van der Waals surface area contributed by atoms with E-state index in [1.165, 1.54) is 12.8 Å². The molecule has 1 amide bonds. The van der Waals surface area contributed by atoms with Crippen molar-refractivity contribution in [3.8, 4) is 6.07 Å². The van der Waals surface area contributed by atoms with Crippen LogP contribution in [0.15, 0.2) is 0 Å². The molecule has 0 aliphatic carbocycles. The Labute approximate surface area is 93.1 Å². The maximum absolute atomic E-state index is 11.7. The van der Waals surface area contributed by atoms with Crippen LogP contribution >= 0.6 is 0 Å². The first-order valence-corrected chi connectivity index (χ1v) is 5.79. The van der Waals surface area contributed by atoms with Crippen LogP contribution in [0, 0.1) is 11.3 Å². The summed E-state index contributed by atoms with van der Waals surface area (Å²) in [7, 11) is 0. The second-order valence-corrected chi connectivity index (χ2v) is 4.08. The Morgan fingerprint density at radius 1 is 1.33 bits per heavy atom. The summed E-state index contributed by atoms with van der Waals surface area (Å²) in [6, 6.07) is 2.16. The van der Waals surface area contributed by atoms with Crippen molar-refractivity contribution in [2.75, 3.05) is 6.54 Å². The Morgan fingerprint density at radius 2 is 2.00 bits per heavy atom. The first-order valence-electron chi connectivity index (χ1n) is 5.79. The smallest absolute Gasteiger partial charge is 0.223 e. The molecule has 0 bridgehead atoms. The number of unbranched alkanes of at least 4 members (excludes halogenated alkanes) is 3. The summed E-state index contributed by atoms with van der Waals surface area (Å²) in [5, 5.41) is 8.60. The highest BCUT2D eigenvalue weighted by Crippen LogP contribution is 2.07. The highest BCUT2D eigenvalue weighted by molar-refractivity contribution is 5.76. The van der Waals surface area contributed by atoms with Gasteiger partial charge >= 0.3 is 0 Å². The molecule has 0 aromatic carbocycles. The molecule has 3 heteroatoms. The molecule has 0 N–H and O–H groups in total. The maximum atomic E-state index is 11.7. The standard InChI is InChI=1S/C12H22N2O/c1-4-5-6-7-8-12(15)14(10-9-13)11(2)3/h11H,4-8,10H2,1-3H3. The molecule has 0 aliphatic rings. The van der Waals surface area contributed by atoms with Crippen molar-refractivity contribution in [2.45, 2.75) is 58.9 Å². The minimum absolute atomic E-state index is 0.114. The normalized spacial score (nSPS) is 10.1. The molecule has 0 radical (unpaired) electrons. The van der Waals surface area contributed by atoms with Gasteiger partial charge in [0, 0.05) is 12.5 Å². The van der Waals surface area contributed by atoms with Crippen LogP contribution in [0.5, 0.6) is 0 Å². The number of nitrogens with zero attached hydrogens (tertiary/aromatic N) is 2. The topological polar surface area (TPSA) is 44.1 Å². The lowest BCUT2D eigenvalue weighted by Gasteiger charge is -2.23. The number of hydrogen-bond donors (Lipinski definition) is 0. The van der Waals surface area contributed by atoms with Crippen LogP contribution in [0.1, 0.15) is 52.9 Å². The second kappa shape index (κ2) is 8.28. The van der Waals surface area contributed by atoms with E-state index in [9.17, 15) is 4.79 Å². The largest absolute Gasteiger partial charge is 0.327 e. The van der Waals surface area contributed by atoms with Gasteiger partial charge in [-0.05, 0) is 20.3 Å². The average molecular weight is 210 g/mol. The fourth-order valence-corrected chi connectivity index (χ4v) is 1.48. The van der Waals surface area contributed by atoms with Crippen molar-refractivity contribution in [1.29, 1.82) is 5.26 Å². The molecule has 0 saturated heterocycles. The van der Waals surface area contributed by atoms with E-state index in [2.05, 4.69) is 6.92 Å². The zero-order valence-electron chi connectivity index (χ0n) is 10.1. The summed E-state index contributed by atoms with van der Waals surface area (Å²) in [5.41, 5.74) is 0. The summed E-state index contributed by atoms with van der Waals surface area (Å²) in [4.78, 5) is 13.4. The van der Waals surface area contributed by atoms with E-state index >= 15 is 0 Å². The summed E-state index contributed by atoms with van der Waals surface area (Å²) in [6.45, 7) is 6.25. The Balaban J connectivity index is 3.88. The molecular weight excluding hydrogens is 188 g/mol. The Hall–Kier alpha value is -1.04. The van der Waals surface area contributed by atoms with Gasteiger partial charge in [-0.1, -0.05) is 26.2 Å². The average Bonchev–Trinajstić information content (AvgIpc) is 2.20. The van der Waals surface area contributed by atoms with Gasteiger partial charge in [-0.25, -0.2) is 0 Å². The molecule has 0 heterocycles. The molecule has 0 saturated carbocycles. The maximum Gasteiger partial charge on any atom is 0.223 e. The third-order valence-electron chi connectivity index (χ3n) is 2.43. The molecule has 0 unspecified atom stereocenters. The van der Waals surface area contributed by atoms with Crippen LogP contribution in [0.2, 0.25) is 0 Å². The summed E-state index contributed by atoms with van der Waals surface area (Å²) < 4.78 is 0. The van der Waals surface area contributed by atoms with E-state index in [0.717, 1.165) is 12.8 Å². The monoisotopic (exact) mass is 210 g/mol. The highest BCUT2D eigenvalue weighted by Gasteiger charge is 2.15. The van der Waals surface area contributed by atoms with Gasteiger partial charge in [0.2, 0.25) is 5.91 Å². The lowest BCUT2D eigenvalue weighted by Crippen LogP contribution is -2.37. The molecule has 0 spiro atoms. The van der Waals surface area contributed by atoms with E-state index in [4.69, 9.17) is 5.26 Å². The van der Waals surface area contributed by atoms with Gasteiger partial charge < -0.3 is 4.90 Å². The fourth-order valence-electron chi connectivity index (χ4n) is 1.48. The number of hydrogen-bond acceptors (Lipinski definition) is 2. The molecule has 0 fully saturated rings. The molecule has 3 nitrogen and oxygen atoms in total. The quantitative estimate of drug-likeness (QED) is 0.479. The summed E-state index contributed by atoms with van der Waals surface area (Å²) in [6.07, 6.45) is 5.01. The molecule has 15 heavy (non-hydrogen) atoms. The predicted octanol–water partition coefficient (Wildman–Crippen LogP) is 2.72. The van der Waals surface area contributed by atoms with E-state index in [0.29, 0.717) is 6.42 Å². The molecule has 0 aromatic heterocycles. The Bertz CT molecular complexity index is 218. The van der Waals surface area contributed by atoms with Crippen LogP contribution in [-0.4, -0.2) is 23.4 Å². The van der Waals surface area contributed by atoms with Gasteiger partial charge in [-0.15, -0.1) is 0 Å². The number of rotatable bonds is 7. The van der Waals surface area contributed by atoms with E-state index in [1.54, 1.807) is 4.90 Å². The third-order valence-corrected chi connectivity index (χ3v) is 2.43. The first-order chi connectivity index (χ1) is 7.13.